The fourth-order valence-corrected chi connectivity index (χ4v) is 1.41. The molecule has 0 saturated heterocycles. The Bertz CT molecular complexity index is 199. The van der Waals surface area contributed by atoms with Crippen LogP contribution in [-0.4, -0.2) is 18.4 Å². The summed E-state index contributed by atoms with van der Waals surface area (Å²) in [5.41, 5.74) is 0. The first-order valence-electron chi connectivity index (χ1n) is 6.38. The van der Waals surface area contributed by atoms with Gasteiger partial charge in [0.2, 0.25) is 0 Å². The second-order valence-corrected chi connectivity index (χ2v) is 4.03. The summed E-state index contributed by atoms with van der Waals surface area (Å²) in [5.74, 6) is 0.244. The Kier molecular flexibility index (Phi) is 10.1. The molecule has 3 nitrogen and oxygen atoms in total. The molecule has 0 N–H and O–H groups in total. The predicted molar refractivity (Wildman–Crippen MR) is 64.3 cm³/mol. The Balaban J connectivity index is 3.20. The summed E-state index contributed by atoms with van der Waals surface area (Å²) in [6.45, 7) is 4.41. The van der Waals surface area contributed by atoms with Gasteiger partial charge in [-0.25, -0.2) is 0 Å². The van der Waals surface area contributed by atoms with Gasteiger partial charge in [0, 0.05) is 19.3 Å². The summed E-state index contributed by atoms with van der Waals surface area (Å²) in [4.78, 5) is 22.1. The lowest BCUT2D eigenvalue weighted by atomic mass is 10.1. The van der Waals surface area contributed by atoms with Gasteiger partial charge in [-0.2, -0.15) is 0 Å². The van der Waals surface area contributed by atoms with Crippen molar-refractivity contribution in [1.29, 1.82) is 0 Å². The highest BCUT2D eigenvalue weighted by molar-refractivity contribution is 5.77. The lowest BCUT2D eigenvalue weighted by Crippen LogP contribution is -2.04. The zero-order chi connectivity index (χ0) is 12.2. The maximum absolute atomic E-state index is 11.1. The van der Waals surface area contributed by atoms with Gasteiger partial charge in [0.1, 0.15) is 5.78 Å². The van der Waals surface area contributed by atoms with Crippen LogP contribution in [0.3, 0.4) is 0 Å². The van der Waals surface area contributed by atoms with Crippen molar-refractivity contribution in [3.8, 4) is 0 Å². The van der Waals surface area contributed by atoms with E-state index in [0.717, 1.165) is 32.1 Å². The summed E-state index contributed by atoms with van der Waals surface area (Å²) >= 11 is 0. The molecule has 0 amide bonds. The van der Waals surface area contributed by atoms with E-state index < -0.39 is 0 Å². The van der Waals surface area contributed by atoms with E-state index in [4.69, 9.17) is 4.74 Å². The molecule has 0 radical (unpaired) electrons. The number of rotatable bonds is 10. The van der Waals surface area contributed by atoms with Crippen molar-refractivity contribution in [3.63, 3.8) is 0 Å². The summed E-state index contributed by atoms with van der Waals surface area (Å²) in [5, 5.41) is 0. The van der Waals surface area contributed by atoms with Crippen molar-refractivity contribution in [2.45, 2.75) is 65.2 Å². The van der Waals surface area contributed by atoms with Gasteiger partial charge in [0.25, 0.3) is 0 Å². The molecule has 0 atom stereocenters. The van der Waals surface area contributed by atoms with Crippen molar-refractivity contribution < 1.29 is 14.3 Å². The lowest BCUT2D eigenvalue weighted by Gasteiger charge is -2.02. The molecule has 0 aromatic carbocycles. The molecule has 0 heterocycles. The largest absolute Gasteiger partial charge is 0.466 e. The van der Waals surface area contributed by atoms with E-state index in [0.29, 0.717) is 31.7 Å². The van der Waals surface area contributed by atoms with E-state index in [2.05, 4.69) is 0 Å². The Morgan fingerprint density at radius 2 is 1.56 bits per heavy atom. The smallest absolute Gasteiger partial charge is 0.305 e. The fourth-order valence-electron chi connectivity index (χ4n) is 1.41. The average Bonchev–Trinajstić information content (AvgIpc) is 2.30. The zero-order valence-corrected chi connectivity index (χ0v) is 10.6. The van der Waals surface area contributed by atoms with Crippen LogP contribution in [0.1, 0.15) is 65.2 Å². The molecule has 0 unspecified atom stereocenters. The minimum atomic E-state index is -0.0912. The van der Waals surface area contributed by atoms with Crippen molar-refractivity contribution in [2.75, 3.05) is 6.61 Å². The monoisotopic (exact) mass is 228 g/mol. The number of carbonyl (C=O) groups excluding carboxylic acids is 2. The van der Waals surface area contributed by atoms with Gasteiger partial charge in [-0.1, -0.05) is 26.7 Å². The zero-order valence-electron chi connectivity index (χ0n) is 10.6. The molecule has 0 bridgehead atoms. The summed E-state index contributed by atoms with van der Waals surface area (Å²) in [7, 11) is 0. The third-order valence-electron chi connectivity index (χ3n) is 2.45. The molecular weight excluding hydrogens is 204 g/mol. The van der Waals surface area contributed by atoms with Crippen LogP contribution in [0.15, 0.2) is 0 Å². The topological polar surface area (TPSA) is 43.4 Å². The number of carbonyl (C=O) groups is 2. The molecule has 0 aliphatic rings. The summed E-state index contributed by atoms with van der Waals surface area (Å²) in [6.07, 6.45) is 6.61. The molecule has 0 saturated carbocycles. The molecule has 0 rings (SSSR count). The number of Topliss-reactive ketones (excluding diaryl/α,β-unsaturated/α-hetero) is 1. The summed E-state index contributed by atoms with van der Waals surface area (Å²) < 4.78 is 4.96. The minimum Gasteiger partial charge on any atom is -0.466 e. The van der Waals surface area contributed by atoms with Crippen LogP contribution in [0, 0.1) is 0 Å². The van der Waals surface area contributed by atoms with Crippen LogP contribution in [-0.2, 0) is 14.3 Å². The van der Waals surface area contributed by atoms with Crippen molar-refractivity contribution in [2.24, 2.45) is 0 Å². The molecule has 94 valence electrons. The van der Waals surface area contributed by atoms with Crippen molar-refractivity contribution in [1.82, 2.24) is 0 Å². The van der Waals surface area contributed by atoms with Crippen LogP contribution >= 0.6 is 0 Å². The molecule has 0 aliphatic heterocycles. The normalized spacial score (nSPS) is 10.1. The predicted octanol–water partition coefficient (Wildman–Crippen LogP) is 3.26. The minimum absolute atomic E-state index is 0.0912. The Hall–Kier alpha value is -0.860. The number of hydrogen-bond donors (Lipinski definition) is 0. The molecule has 0 spiro atoms. The van der Waals surface area contributed by atoms with Gasteiger partial charge in [0.15, 0.2) is 0 Å². The highest BCUT2D eigenvalue weighted by Gasteiger charge is 2.02. The van der Waals surface area contributed by atoms with Gasteiger partial charge < -0.3 is 4.74 Å². The van der Waals surface area contributed by atoms with Crippen molar-refractivity contribution >= 4 is 11.8 Å². The van der Waals surface area contributed by atoms with E-state index in [1.807, 2.05) is 13.8 Å². The SMILES string of the molecule is CCCOC(=O)CCCCCCC(=O)CC. The number of esters is 1. The van der Waals surface area contributed by atoms with Crippen molar-refractivity contribution in [3.05, 3.63) is 0 Å². The Morgan fingerprint density at radius 3 is 2.12 bits per heavy atom. The number of ether oxygens (including phenoxy) is 1. The number of hydrogen-bond acceptors (Lipinski definition) is 3. The highest BCUT2D eigenvalue weighted by atomic mass is 16.5. The van der Waals surface area contributed by atoms with Crippen LogP contribution in [0.2, 0.25) is 0 Å². The van der Waals surface area contributed by atoms with Gasteiger partial charge in [-0.05, 0) is 19.3 Å². The Labute approximate surface area is 98.6 Å². The molecule has 0 aromatic rings. The second-order valence-electron chi connectivity index (χ2n) is 4.03. The van der Waals surface area contributed by atoms with E-state index in [9.17, 15) is 9.59 Å². The average molecular weight is 228 g/mol. The quantitative estimate of drug-likeness (QED) is 0.426. The molecule has 0 aromatic heterocycles. The lowest BCUT2D eigenvalue weighted by molar-refractivity contribution is -0.143. The fraction of sp³-hybridized carbons (Fsp3) is 0.846. The van der Waals surface area contributed by atoms with Crippen LogP contribution in [0.5, 0.6) is 0 Å². The Morgan fingerprint density at radius 1 is 0.938 bits per heavy atom. The van der Waals surface area contributed by atoms with Gasteiger partial charge in [0.05, 0.1) is 6.61 Å². The molecule has 3 heteroatoms. The molecular formula is C13H24O3. The highest BCUT2D eigenvalue weighted by Crippen LogP contribution is 2.07. The van der Waals surface area contributed by atoms with E-state index in [1.54, 1.807) is 0 Å². The molecule has 16 heavy (non-hydrogen) atoms. The molecule has 0 aliphatic carbocycles. The first-order chi connectivity index (χ1) is 7.70. The van der Waals surface area contributed by atoms with Gasteiger partial charge in [-0.15, -0.1) is 0 Å². The van der Waals surface area contributed by atoms with Crippen LogP contribution in [0.25, 0.3) is 0 Å². The van der Waals surface area contributed by atoms with Gasteiger partial charge >= 0.3 is 5.97 Å². The van der Waals surface area contributed by atoms with E-state index in [1.165, 1.54) is 0 Å². The second kappa shape index (κ2) is 10.7. The summed E-state index contributed by atoms with van der Waals surface area (Å²) in [6, 6.07) is 0. The standard InChI is InChI=1S/C13H24O3/c1-3-11-16-13(15)10-8-6-5-7-9-12(14)4-2/h3-11H2,1-2H3. The third-order valence-corrected chi connectivity index (χ3v) is 2.45. The van der Waals surface area contributed by atoms with Crippen LogP contribution in [0.4, 0.5) is 0 Å². The third kappa shape index (κ3) is 9.69. The van der Waals surface area contributed by atoms with Gasteiger partial charge in [-0.3, -0.25) is 9.59 Å². The number of ketones is 1. The number of unbranched alkanes of at least 4 members (excludes halogenated alkanes) is 3. The first kappa shape index (κ1) is 15.1. The maximum Gasteiger partial charge on any atom is 0.305 e. The molecule has 0 fully saturated rings. The van der Waals surface area contributed by atoms with E-state index in [-0.39, 0.29) is 5.97 Å². The first-order valence-corrected chi connectivity index (χ1v) is 6.38. The maximum atomic E-state index is 11.1. The van der Waals surface area contributed by atoms with Crippen LogP contribution < -0.4 is 0 Å². The van der Waals surface area contributed by atoms with E-state index >= 15 is 0 Å².